The summed E-state index contributed by atoms with van der Waals surface area (Å²) < 4.78 is 14.5. The molecule has 0 aliphatic rings. The zero-order chi connectivity index (χ0) is 14.1. The van der Waals surface area contributed by atoms with Crippen molar-refractivity contribution in [3.63, 3.8) is 0 Å². The van der Waals surface area contributed by atoms with Gasteiger partial charge >= 0.3 is 11.9 Å². The quantitative estimate of drug-likeness (QED) is 0.540. The minimum Gasteiger partial charge on any atom is -0.481 e. The molecular weight excluding hydrogens is 254 g/mol. The average molecular weight is 271 g/mol. The lowest BCUT2D eigenvalue weighted by molar-refractivity contribution is -0.137. The molecule has 0 atom stereocenters. The Bertz CT molecular complexity index is 414. The van der Waals surface area contributed by atoms with Crippen molar-refractivity contribution in [1.82, 2.24) is 5.16 Å². The Kier molecular flexibility index (Phi) is 6.42. The molecule has 0 saturated heterocycles. The van der Waals surface area contributed by atoms with E-state index in [1.54, 1.807) is 0 Å². The van der Waals surface area contributed by atoms with Crippen molar-refractivity contribution in [2.75, 3.05) is 13.7 Å². The SMILES string of the molecule is COC(=O)c1cc(OCCCCCCC(=O)O)no1. The summed E-state index contributed by atoms with van der Waals surface area (Å²) in [6, 6.07) is 1.37. The Labute approximate surface area is 110 Å². The number of methoxy groups -OCH3 is 1. The van der Waals surface area contributed by atoms with E-state index in [2.05, 4.69) is 9.89 Å². The van der Waals surface area contributed by atoms with Crippen LogP contribution < -0.4 is 4.74 Å². The van der Waals surface area contributed by atoms with E-state index in [-0.39, 0.29) is 18.1 Å². The minimum atomic E-state index is -0.769. The molecular formula is C12H17NO6. The van der Waals surface area contributed by atoms with Crippen molar-refractivity contribution in [3.05, 3.63) is 11.8 Å². The number of carbonyl (C=O) groups is 2. The van der Waals surface area contributed by atoms with Crippen LogP contribution in [0.1, 0.15) is 42.7 Å². The smallest absolute Gasteiger partial charge is 0.377 e. The van der Waals surface area contributed by atoms with Crippen LogP contribution in [0.2, 0.25) is 0 Å². The summed E-state index contributed by atoms with van der Waals surface area (Å²) in [6.07, 6.45) is 3.40. The first-order valence-electron chi connectivity index (χ1n) is 6.03. The van der Waals surface area contributed by atoms with Gasteiger partial charge in [0.25, 0.3) is 5.88 Å². The van der Waals surface area contributed by atoms with E-state index in [1.807, 2.05) is 0 Å². The molecule has 1 aromatic heterocycles. The molecule has 0 aliphatic heterocycles. The second-order valence-corrected chi connectivity index (χ2v) is 3.93. The Morgan fingerprint density at radius 1 is 1.32 bits per heavy atom. The highest BCUT2D eigenvalue weighted by Gasteiger charge is 2.13. The summed E-state index contributed by atoms with van der Waals surface area (Å²) in [5.74, 6) is -1.13. The maximum atomic E-state index is 11.1. The van der Waals surface area contributed by atoms with Crippen molar-refractivity contribution in [3.8, 4) is 5.88 Å². The molecule has 1 N–H and O–H groups in total. The van der Waals surface area contributed by atoms with Gasteiger partial charge in [-0.1, -0.05) is 12.8 Å². The van der Waals surface area contributed by atoms with Crippen molar-refractivity contribution in [2.45, 2.75) is 32.1 Å². The topological polar surface area (TPSA) is 98.9 Å². The first-order chi connectivity index (χ1) is 9.13. The molecule has 7 heteroatoms. The van der Waals surface area contributed by atoms with Gasteiger partial charge in [-0.05, 0) is 18.0 Å². The number of carboxylic acids is 1. The van der Waals surface area contributed by atoms with Crippen LogP contribution in [0.3, 0.4) is 0 Å². The van der Waals surface area contributed by atoms with E-state index < -0.39 is 11.9 Å². The summed E-state index contributed by atoms with van der Waals surface area (Å²) in [7, 11) is 1.25. The van der Waals surface area contributed by atoms with Gasteiger partial charge in [-0.25, -0.2) is 4.79 Å². The highest BCUT2D eigenvalue weighted by atomic mass is 16.6. The normalized spacial score (nSPS) is 10.2. The molecule has 0 aromatic carbocycles. The van der Waals surface area contributed by atoms with E-state index in [0.29, 0.717) is 13.0 Å². The van der Waals surface area contributed by atoms with Gasteiger partial charge in [-0.2, -0.15) is 0 Å². The molecule has 0 aliphatic carbocycles. The van der Waals surface area contributed by atoms with Crippen LogP contribution in [-0.4, -0.2) is 35.9 Å². The number of hydrogen-bond donors (Lipinski definition) is 1. The Hall–Kier alpha value is -2.05. The van der Waals surface area contributed by atoms with Gasteiger partial charge in [-0.15, -0.1) is 0 Å². The van der Waals surface area contributed by atoms with Gasteiger partial charge in [0.15, 0.2) is 0 Å². The van der Waals surface area contributed by atoms with Gasteiger partial charge in [0.1, 0.15) is 0 Å². The standard InChI is InChI=1S/C12H17NO6/c1-17-12(16)9-8-10(13-19-9)18-7-5-3-2-4-6-11(14)15/h8H,2-7H2,1H3,(H,14,15). The van der Waals surface area contributed by atoms with Crippen LogP contribution in [0, 0.1) is 0 Å². The number of carbonyl (C=O) groups excluding carboxylic acids is 1. The zero-order valence-electron chi connectivity index (χ0n) is 10.8. The lowest BCUT2D eigenvalue weighted by Gasteiger charge is -2.01. The number of hydrogen-bond acceptors (Lipinski definition) is 6. The Morgan fingerprint density at radius 2 is 2.05 bits per heavy atom. The van der Waals surface area contributed by atoms with Crippen LogP contribution >= 0.6 is 0 Å². The van der Waals surface area contributed by atoms with Crippen LogP contribution in [0.15, 0.2) is 10.6 Å². The number of aromatic nitrogens is 1. The van der Waals surface area contributed by atoms with E-state index in [1.165, 1.54) is 13.2 Å². The van der Waals surface area contributed by atoms with E-state index in [4.69, 9.17) is 14.4 Å². The molecule has 0 radical (unpaired) electrons. The summed E-state index contributed by atoms with van der Waals surface area (Å²) in [4.78, 5) is 21.3. The van der Waals surface area contributed by atoms with E-state index in [9.17, 15) is 9.59 Å². The predicted octanol–water partition coefficient (Wildman–Crippen LogP) is 1.88. The minimum absolute atomic E-state index is 0.000965. The first-order valence-corrected chi connectivity index (χ1v) is 6.03. The highest BCUT2D eigenvalue weighted by Crippen LogP contribution is 2.13. The third-order valence-electron chi connectivity index (χ3n) is 2.41. The molecule has 0 unspecified atom stereocenters. The van der Waals surface area contributed by atoms with Crippen molar-refractivity contribution in [1.29, 1.82) is 0 Å². The van der Waals surface area contributed by atoms with Crippen molar-refractivity contribution >= 4 is 11.9 Å². The second kappa shape index (κ2) is 8.12. The molecule has 1 aromatic rings. The van der Waals surface area contributed by atoms with Gasteiger partial charge in [0.05, 0.1) is 19.8 Å². The fourth-order valence-corrected chi connectivity index (χ4v) is 1.43. The molecule has 0 bridgehead atoms. The lowest BCUT2D eigenvalue weighted by Crippen LogP contribution is -1.99. The fraction of sp³-hybridized carbons (Fsp3) is 0.583. The molecule has 0 spiro atoms. The number of aliphatic carboxylic acids is 1. The van der Waals surface area contributed by atoms with Gasteiger partial charge in [0, 0.05) is 6.42 Å². The lowest BCUT2D eigenvalue weighted by atomic mass is 10.1. The molecule has 7 nitrogen and oxygen atoms in total. The monoisotopic (exact) mass is 271 g/mol. The molecule has 1 rings (SSSR count). The number of carboxylic acid groups (broad SMARTS) is 1. The van der Waals surface area contributed by atoms with Crippen molar-refractivity contribution in [2.24, 2.45) is 0 Å². The number of rotatable bonds is 9. The Balaban J connectivity index is 2.11. The molecule has 0 saturated carbocycles. The molecule has 19 heavy (non-hydrogen) atoms. The molecule has 0 fully saturated rings. The zero-order valence-corrected chi connectivity index (χ0v) is 10.8. The summed E-state index contributed by atoms with van der Waals surface area (Å²) in [5, 5.41) is 12.0. The largest absolute Gasteiger partial charge is 0.481 e. The number of ether oxygens (including phenoxy) is 2. The van der Waals surface area contributed by atoms with Crippen LogP contribution in [-0.2, 0) is 9.53 Å². The average Bonchev–Trinajstić information content (AvgIpc) is 2.85. The summed E-state index contributed by atoms with van der Waals surface area (Å²) >= 11 is 0. The fourth-order valence-electron chi connectivity index (χ4n) is 1.43. The third-order valence-corrected chi connectivity index (χ3v) is 2.41. The van der Waals surface area contributed by atoms with Gasteiger partial charge < -0.3 is 19.1 Å². The highest BCUT2D eigenvalue weighted by molar-refractivity contribution is 5.86. The third kappa shape index (κ3) is 5.89. The van der Waals surface area contributed by atoms with Crippen LogP contribution in [0.25, 0.3) is 0 Å². The Morgan fingerprint density at radius 3 is 2.74 bits per heavy atom. The van der Waals surface area contributed by atoms with E-state index in [0.717, 1.165) is 19.3 Å². The molecule has 106 valence electrons. The van der Waals surface area contributed by atoms with Gasteiger partial charge in [-0.3, -0.25) is 4.79 Å². The first kappa shape index (κ1) is 15.0. The summed E-state index contributed by atoms with van der Waals surface area (Å²) in [6.45, 7) is 0.445. The maximum Gasteiger partial charge on any atom is 0.377 e. The maximum absolute atomic E-state index is 11.1. The molecule has 0 amide bonds. The van der Waals surface area contributed by atoms with Gasteiger partial charge in [0.2, 0.25) is 5.76 Å². The van der Waals surface area contributed by atoms with Crippen LogP contribution in [0.4, 0.5) is 0 Å². The summed E-state index contributed by atoms with van der Waals surface area (Å²) in [5.41, 5.74) is 0. The van der Waals surface area contributed by atoms with Crippen molar-refractivity contribution < 1.29 is 28.7 Å². The number of nitrogens with zero attached hydrogens (tertiary/aromatic N) is 1. The van der Waals surface area contributed by atoms with E-state index >= 15 is 0 Å². The second-order valence-electron chi connectivity index (χ2n) is 3.93. The van der Waals surface area contributed by atoms with Crippen LogP contribution in [0.5, 0.6) is 5.88 Å². The molecule has 1 heterocycles. The number of esters is 1. The number of unbranched alkanes of at least 4 members (excludes halogenated alkanes) is 3. The predicted molar refractivity (Wildman–Crippen MR) is 64.1 cm³/mol.